The predicted octanol–water partition coefficient (Wildman–Crippen LogP) is 4.57. The van der Waals surface area contributed by atoms with E-state index < -0.39 is 0 Å². The molecule has 0 saturated carbocycles. The van der Waals surface area contributed by atoms with Gasteiger partial charge in [0.05, 0.1) is 0 Å². The van der Waals surface area contributed by atoms with Crippen LogP contribution in [0.15, 0.2) is 42.5 Å². The number of hydrogen-bond acceptors (Lipinski definition) is 2. The summed E-state index contributed by atoms with van der Waals surface area (Å²) >= 11 is 0. The number of nitrogens with zero attached hydrogens (tertiary/aromatic N) is 1. The second-order valence-corrected chi connectivity index (χ2v) is 5.96. The van der Waals surface area contributed by atoms with E-state index in [0.29, 0.717) is 0 Å². The fourth-order valence-corrected chi connectivity index (χ4v) is 2.71. The number of carbonyl (C=O) groups excluding carboxylic acids is 1. The minimum Gasteiger partial charge on any atom is -0.378 e. The number of hydrogen-bond donors (Lipinski definition) is 0. The lowest BCUT2D eigenvalue weighted by Gasteiger charge is -2.11. The highest BCUT2D eigenvalue weighted by molar-refractivity contribution is 6.08. The third kappa shape index (κ3) is 3.64. The molecule has 2 aromatic carbocycles. The molecule has 2 nitrogen and oxygen atoms in total. The summed E-state index contributed by atoms with van der Waals surface area (Å²) in [6.07, 6.45) is 3.54. The molecule has 2 heteroatoms. The molecule has 0 atom stereocenters. The van der Waals surface area contributed by atoms with Crippen molar-refractivity contribution in [3.8, 4) is 0 Å². The maximum Gasteiger partial charge on any atom is 0.186 e. The molecule has 0 unspecified atom stereocenters. The third-order valence-electron chi connectivity index (χ3n) is 3.76. The minimum atomic E-state index is 0.0617. The van der Waals surface area contributed by atoms with Crippen LogP contribution in [-0.4, -0.2) is 19.9 Å². The fraction of sp³-hybridized carbons (Fsp3) is 0.250. The molecule has 0 aliphatic heterocycles. The average Bonchev–Trinajstić information content (AvgIpc) is 2.44. The molecule has 2 rings (SSSR count). The first kappa shape index (κ1) is 16.0. The second kappa shape index (κ2) is 6.61. The van der Waals surface area contributed by atoms with E-state index in [0.717, 1.165) is 27.9 Å². The van der Waals surface area contributed by atoms with Crippen molar-refractivity contribution in [2.45, 2.75) is 20.8 Å². The van der Waals surface area contributed by atoms with Gasteiger partial charge >= 0.3 is 0 Å². The van der Waals surface area contributed by atoms with Crippen LogP contribution >= 0.6 is 0 Å². The first-order chi connectivity index (χ1) is 10.4. The van der Waals surface area contributed by atoms with Crippen molar-refractivity contribution in [2.75, 3.05) is 19.0 Å². The summed E-state index contributed by atoms with van der Waals surface area (Å²) in [6.45, 7) is 6.04. The number of benzene rings is 2. The zero-order valence-electron chi connectivity index (χ0n) is 14.0. The van der Waals surface area contributed by atoms with E-state index in [-0.39, 0.29) is 5.78 Å². The van der Waals surface area contributed by atoms with Crippen LogP contribution in [0, 0.1) is 20.8 Å². The molecule has 0 aliphatic rings. The summed E-state index contributed by atoms with van der Waals surface area (Å²) in [6, 6.07) is 12.3. The molecule has 2 aromatic rings. The molecule has 0 aliphatic carbocycles. The minimum absolute atomic E-state index is 0.0617. The van der Waals surface area contributed by atoms with Gasteiger partial charge in [-0.3, -0.25) is 4.79 Å². The Balaban J connectivity index is 2.21. The Morgan fingerprint density at radius 1 is 0.955 bits per heavy atom. The predicted molar refractivity (Wildman–Crippen MR) is 94.8 cm³/mol. The number of aryl methyl sites for hydroxylation is 3. The summed E-state index contributed by atoms with van der Waals surface area (Å²) in [5.74, 6) is 0.0617. The zero-order chi connectivity index (χ0) is 16.3. The summed E-state index contributed by atoms with van der Waals surface area (Å²) in [5.41, 5.74) is 6.25. The lowest BCUT2D eigenvalue weighted by atomic mass is 9.96. The molecule has 114 valence electrons. The number of allylic oxidation sites excluding steroid dienone is 1. The fourth-order valence-electron chi connectivity index (χ4n) is 2.71. The van der Waals surface area contributed by atoms with Gasteiger partial charge < -0.3 is 4.90 Å². The molecule has 0 N–H and O–H groups in total. The standard InChI is InChI=1S/C20H23NO/c1-14-12-15(2)20(16(3)13-14)19(22)11-8-17-6-9-18(10-7-17)21(4)5/h6-13H,1-5H3/b11-8+. The van der Waals surface area contributed by atoms with Gasteiger partial charge in [-0.05, 0) is 55.7 Å². The summed E-state index contributed by atoms with van der Waals surface area (Å²) < 4.78 is 0. The Morgan fingerprint density at radius 3 is 2.00 bits per heavy atom. The largest absolute Gasteiger partial charge is 0.378 e. The van der Waals surface area contributed by atoms with Gasteiger partial charge in [0.15, 0.2) is 5.78 Å². The third-order valence-corrected chi connectivity index (χ3v) is 3.76. The van der Waals surface area contributed by atoms with E-state index >= 15 is 0 Å². The van der Waals surface area contributed by atoms with Gasteiger partial charge in [-0.25, -0.2) is 0 Å². The summed E-state index contributed by atoms with van der Waals surface area (Å²) in [4.78, 5) is 14.5. The van der Waals surface area contributed by atoms with Gasteiger partial charge in [0.2, 0.25) is 0 Å². The Morgan fingerprint density at radius 2 is 1.50 bits per heavy atom. The SMILES string of the molecule is Cc1cc(C)c(C(=O)/C=C/c2ccc(N(C)C)cc2)c(C)c1. The van der Waals surface area contributed by atoms with Gasteiger partial charge in [-0.2, -0.15) is 0 Å². The first-order valence-corrected chi connectivity index (χ1v) is 7.46. The molecular formula is C20H23NO. The Hall–Kier alpha value is -2.35. The summed E-state index contributed by atoms with van der Waals surface area (Å²) in [7, 11) is 4.02. The highest BCUT2D eigenvalue weighted by atomic mass is 16.1. The molecule has 0 amide bonds. The van der Waals surface area contributed by atoms with E-state index in [9.17, 15) is 4.79 Å². The van der Waals surface area contributed by atoms with E-state index in [1.165, 1.54) is 5.56 Å². The average molecular weight is 293 g/mol. The van der Waals surface area contributed by atoms with Crippen molar-refractivity contribution in [3.63, 3.8) is 0 Å². The lowest BCUT2D eigenvalue weighted by molar-refractivity contribution is 0.104. The van der Waals surface area contributed by atoms with Crippen LogP contribution in [0.2, 0.25) is 0 Å². The molecule has 0 bridgehead atoms. The Bertz CT molecular complexity index is 686. The molecule has 0 spiro atoms. The van der Waals surface area contributed by atoms with E-state index in [4.69, 9.17) is 0 Å². The molecule has 0 fully saturated rings. The maximum atomic E-state index is 12.5. The van der Waals surface area contributed by atoms with Gasteiger partial charge in [-0.1, -0.05) is 35.9 Å². The topological polar surface area (TPSA) is 20.3 Å². The molecule has 0 saturated heterocycles. The van der Waals surface area contributed by atoms with Crippen molar-refractivity contribution in [2.24, 2.45) is 0 Å². The van der Waals surface area contributed by atoms with Crippen LogP contribution in [0.4, 0.5) is 5.69 Å². The normalized spacial score (nSPS) is 11.0. The Labute approximate surface area is 133 Å². The van der Waals surface area contributed by atoms with Crippen molar-refractivity contribution >= 4 is 17.5 Å². The van der Waals surface area contributed by atoms with Crippen molar-refractivity contribution in [1.82, 2.24) is 0 Å². The smallest absolute Gasteiger partial charge is 0.186 e. The number of anilines is 1. The lowest BCUT2D eigenvalue weighted by Crippen LogP contribution is -2.07. The van der Waals surface area contributed by atoms with Gasteiger partial charge in [-0.15, -0.1) is 0 Å². The molecule has 0 heterocycles. The van der Waals surface area contributed by atoms with E-state index in [2.05, 4.69) is 24.0 Å². The monoisotopic (exact) mass is 293 g/mol. The number of ketones is 1. The van der Waals surface area contributed by atoms with Crippen molar-refractivity contribution in [3.05, 3.63) is 70.3 Å². The number of rotatable bonds is 4. The molecule has 0 radical (unpaired) electrons. The quantitative estimate of drug-likeness (QED) is 0.608. The van der Waals surface area contributed by atoms with Crippen LogP contribution < -0.4 is 4.90 Å². The first-order valence-electron chi connectivity index (χ1n) is 7.46. The van der Waals surface area contributed by atoms with E-state index in [1.807, 2.05) is 58.3 Å². The zero-order valence-corrected chi connectivity index (χ0v) is 14.0. The highest BCUT2D eigenvalue weighted by Gasteiger charge is 2.09. The molecular weight excluding hydrogens is 270 g/mol. The second-order valence-electron chi connectivity index (χ2n) is 5.96. The van der Waals surface area contributed by atoms with Gasteiger partial charge in [0.1, 0.15) is 0 Å². The van der Waals surface area contributed by atoms with Crippen molar-refractivity contribution < 1.29 is 4.79 Å². The van der Waals surface area contributed by atoms with Gasteiger partial charge in [0.25, 0.3) is 0 Å². The van der Waals surface area contributed by atoms with Crippen LogP contribution in [0.5, 0.6) is 0 Å². The van der Waals surface area contributed by atoms with Crippen LogP contribution in [0.3, 0.4) is 0 Å². The van der Waals surface area contributed by atoms with Crippen LogP contribution in [0.25, 0.3) is 6.08 Å². The number of carbonyl (C=O) groups is 1. The molecule has 22 heavy (non-hydrogen) atoms. The maximum absolute atomic E-state index is 12.5. The molecule has 0 aromatic heterocycles. The van der Waals surface area contributed by atoms with Crippen LogP contribution in [0.1, 0.15) is 32.6 Å². The van der Waals surface area contributed by atoms with E-state index in [1.54, 1.807) is 6.08 Å². The van der Waals surface area contributed by atoms with Crippen LogP contribution in [-0.2, 0) is 0 Å². The highest BCUT2D eigenvalue weighted by Crippen LogP contribution is 2.18. The van der Waals surface area contributed by atoms with Crippen molar-refractivity contribution in [1.29, 1.82) is 0 Å². The Kier molecular flexibility index (Phi) is 4.81. The van der Waals surface area contributed by atoms with Gasteiger partial charge in [0, 0.05) is 25.3 Å². The summed E-state index contributed by atoms with van der Waals surface area (Å²) in [5, 5.41) is 0.